The third-order valence-corrected chi connectivity index (χ3v) is 5.85. The monoisotopic (exact) mass is 528 g/mol. The normalized spacial score (nSPS) is 11.5. The Hall–Kier alpha value is -3.30. The van der Waals surface area contributed by atoms with Gasteiger partial charge < -0.3 is 29.5 Å². The van der Waals surface area contributed by atoms with Crippen molar-refractivity contribution in [3.05, 3.63) is 23.8 Å². The molecule has 3 N–H and O–H groups in total. The highest BCUT2D eigenvalue weighted by Gasteiger charge is 2.27. The van der Waals surface area contributed by atoms with Gasteiger partial charge in [-0.05, 0) is 65.2 Å². The lowest BCUT2D eigenvalue weighted by Crippen LogP contribution is -2.27. The first-order valence-corrected chi connectivity index (χ1v) is 12.2. The van der Waals surface area contributed by atoms with E-state index in [-0.39, 0.29) is 47.8 Å². The third-order valence-electron chi connectivity index (χ3n) is 5.85. The molecule has 212 valence electrons. The molecule has 0 saturated carbocycles. The van der Waals surface area contributed by atoms with Crippen molar-refractivity contribution in [3.8, 4) is 11.5 Å². The van der Waals surface area contributed by atoms with Gasteiger partial charge in [0.05, 0.1) is 29.4 Å². The molecule has 1 aromatic carbocycles. The van der Waals surface area contributed by atoms with Crippen LogP contribution in [-0.2, 0) is 28.6 Å². The number of carboxylic acid groups (broad SMARTS) is 1. The van der Waals surface area contributed by atoms with E-state index >= 15 is 0 Å². The molecule has 0 saturated heterocycles. The van der Waals surface area contributed by atoms with Gasteiger partial charge >= 0.3 is 23.9 Å². The molecule has 0 aliphatic carbocycles. The number of carbonyl (C=O) groups excluding carboxylic acids is 3. The second-order valence-corrected chi connectivity index (χ2v) is 9.59. The summed E-state index contributed by atoms with van der Waals surface area (Å²) in [4.78, 5) is 44.1. The lowest BCUT2D eigenvalue weighted by molar-refractivity contribution is -0.155. The maximum absolute atomic E-state index is 11.7. The lowest BCUT2D eigenvalue weighted by Gasteiger charge is -2.20. The molecular formula is C27H44O10. The molecule has 1 atom stereocenters. The molecule has 1 unspecified atom stereocenters. The predicted molar refractivity (Wildman–Crippen MR) is 138 cm³/mol. The first-order chi connectivity index (χ1) is 17.0. The van der Waals surface area contributed by atoms with E-state index in [4.69, 9.17) is 19.7 Å². The molecule has 0 radical (unpaired) electrons. The second kappa shape index (κ2) is 17.2. The van der Waals surface area contributed by atoms with Crippen LogP contribution in [0.25, 0.3) is 0 Å². The Balaban J connectivity index is 0. The summed E-state index contributed by atoms with van der Waals surface area (Å²) >= 11 is 0. The Morgan fingerprint density at radius 3 is 1.68 bits per heavy atom. The number of methoxy groups -OCH3 is 1. The van der Waals surface area contributed by atoms with Gasteiger partial charge in [-0.25, -0.2) is 4.79 Å². The van der Waals surface area contributed by atoms with Crippen LogP contribution in [0.3, 0.4) is 0 Å². The molecule has 37 heavy (non-hydrogen) atoms. The smallest absolute Gasteiger partial charge is 0.338 e. The van der Waals surface area contributed by atoms with E-state index in [1.807, 2.05) is 34.6 Å². The van der Waals surface area contributed by atoms with E-state index in [0.717, 1.165) is 18.9 Å². The minimum absolute atomic E-state index is 0.0297. The number of aromatic hydroxyl groups is 2. The van der Waals surface area contributed by atoms with Crippen molar-refractivity contribution < 1.29 is 48.7 Å². The number of hydrogen-bond acceptors (Lipinski definition) is 9. The number of carbonyl (C=O) groups is 4. The lowest BCUT2D eigenvalue weighted by atomic mass is 9.91. The SMILES string of the molecule is CCC(C)(C)C(=O)OC.CCC(C)(C)C(=O)OCCOC(=O)c1ccc(O)c(O)c1.CCC(C)C(=O)O. The highest BCUT2D eigenvalue weighted by Crippen LogP contribution is 2.25. The van der Waals surface area contributed by atoms with E-state index in [2.05, 4.69) is 4.74 Å². The molecule has 0 heterocycles. The first kappa shape index (κ1) is 35.9. The van der Waals surface area contributed by atoms with Gasteiger partial charge in [0.2, 0.25) is 0 Å². The topological polar surface area (TPSA) is 157 Å². The molecule has 0 amide bonds. The molecule has 0 aromatic heterocycles. The van der Waals surface area contributed by atoms with Gasteiger partial charge in [0.25, 0.3) is 0 Å². The van der Waals surface area contributed by atoms with Crippen LogP contribution in [0.1, 0.15) is 85.0 Å². The number of carboxylic acids is 1. The van der Waals surface area contributed by atoms with Gasteiger partial charge in [0.15, 0.2) is 11.5 Å². The summed E-state index contributed by atoms with van der Waals surface area (Å²) in [6.45, 7) is 14.6. The fraction of sp³-hybridized carbons (Fsp3) is 0.630. The Morgan fingerprint density at radius 2 is 1.32 bits per heavy atom. The van der Waals surface area contributed by atoms with Crippen molar-refractivity contribution >= 4 is 23.9 Å². The fourth-order valence-electron chi connectivity index (χ4n) is 1.94. The van der Waals surface area contributed by atoms with Crippen LogP contribution < -0.4 is 0 Å². The number of benzene rings is 1. The quantitative estimate of drug-likeness (QED) is 0.164. The van der Waals surface area contributed by atoms with Gasteiger partial charge in [-0.1, -0.05) is 27.7 Å². The molecule has 0 bridgehead atoms. The van der Waals surface area contributed by atoms with Crippen molar-refractivity contribution in [2.75, 3.05) is 20.3 Å². The standard InChI is InChI=1S/C15H20O6.C7H14O2.C5H10O2/c1-4-15(2,3)14(19)21-8-7-20-13(18)10-5-6-11(16)12(17)9-10;1-5-7(2,3)6(8)9-4;1-3-4(2)5(6)7/h5-6,9,16-17H,4,7-8H2,1-3H3;5H2,1-4H3;4H,3H2,1-2H3,(H,6,7). The van der Waals surface area contributed by atoms with Crippen LogP contribution in [-0.4, -0.2) is 59.5 Å². The first-order valence-electron chi connectivity index (χ1n) is 12.2. The van der Waals surface area contributed by atoms with E-state index in [9.17, 15) is 24.3 Å². The Bertz CT molecular complexity index is 874. The Morgan fingerprint density at radius 1 is 0.838 bits per heavy atom. The zero-order valence-electron chi connectivity index (χ0n) is 23.5. The number of phenols is 2. The Labute approximate surface area is 219 Å². The van der Waals surface area contributed by atoms with Crippen molar-refractivity contribution in [1.82, 2.24) is 0 Å². The summed E-state index contributed by atoms with van der Waals surface area (Å²) < 4.78 is 14.5. The van der Waals surface area contributed by atoms with E-state index in [1.165, 1.54) is 19.2 Å². The molecule has 1 aromatic rings. The van der Waals surface area contributed by atoms with Crippen LogP contribution in [0.2, 0.25) is 0 Å². The third kappa shape index (κ3) is 14.1. The van der Waals surface area contributed by atoms with E-state index in [1.54, 1.807) is 20.8 Å². The molecule has 0 spiro atoms. The molecule has 10 heteroatoms. The minimum atomic E-state index is -0.706. The fourth-order valence-corrected chi connectivity index (χ4v) is 1.94. The molecule has 0 aliphatic heterocycles. The molecule has 0 fully saturated rings. The summed E-state index contributed by atoms with van der Waals surface area (Å²) in [6.07, 6.45) is 2.19. The molecule has 10 nitrogen and oxygen atoms in total. The summed E-state index contributed by atoms with van der Waals surface area (Å²) in [5, 5.41) is 26.6. The number of phenolic OH excluding ortho intramolecular Hbond substituents is 2. The largest absolute Gasteiger partial charge is 0.504 e. The number of rotatable bonds is 10. The summed E-state index contributed by atoms with van der Waals surface area (Å²) in [7, 11) is 1.42. The van der Waals surface area contributed by atoms with Crippen LogP contribution >= 0.6 is 0 Å². The summed E-state index contributed by atoms with van der Waals surface area (Å²) in [5.74, 6) is -2.75. The van der Waals surface area contributed by atoms with E-state index in [0.29, 0.717) is 6.42 Å². The van der Waals surface area contributed by atoms with Crippen molar-refractivity contribution in [2.45, 2.75) is 74.7 Å². The average Bonchev–Trinajstić information content (AvgIpc) is 2.87. The van der Waals surface area contributed by atoms with Crippen LogP contribution in [0.15, 0.2) is 18.2 Å². The van der Waals surface area contributed by atoms with Gasteiger partial charge in [-0.15, -0.1) is 0 Å². The highest BCUT2D eigenvalue weighted by molar-refractivity contribution is 5.90. The predicted octanol–water partition coefficient (Wildman–Crippen LogP) is 4.95. The van der Waals surface area contributed by atoms with Gasteiger partial charge in [-0.3, -0.25) is 14.4 Å². The van der Waals surface area contributed by atoms with Gasteiger partial charge in [-0.2, -0.15) is 0 Å². The Kier molecular flexibility index (Phi) is 16.7. The zero-order chi connectivity index (χ0) is 29.4. The van der Waals surface area contributed by atoms with Crippen molar-refractivity contribution in [3.63, 3.8) is 0 Å². The van der Waals surface area contributed by atoms with Gasteiger partial charge in [0.1, 0.15) is 13.2 Å². The van der Waals surface area contributed by atoms with Crippen LogP contribution in [0.4, 0.5) is 0 Å². The maximum Gasteiger partial charge on any atom is 0.338 e. The average molecular weight is 529 g/mol. The maximum atomic E-state index is 11.7. The van der Waals surface area contributed by atoms with Crippen molar-refractivity contribution in [2.24, 2.45) is 16.7 Å². The van der Waals surface area contributed by atoms with E-state index < -0.39 is 23.1 Å². The molecule has 1 rings (SSSR count). The minimum Gasteiger partial charge on any atom is -0.504 e. The zero-order valence-corrected chi connectivity index (χ0v) is 23.5. The second-order valence-electron chi connectivity index (χ2n) is 9.59. The molecular weight excluding hydrogens is 484 g/mol. The van der Waals surface area contributed by atoms with Crippen LogP contribution in [0, 0.1) is 16.7 Å². The number of hydrogen-bond donors (Lipinski definition) is 3. The number of esters is 3. The highest BCUT2D eigenvalue weighted by atomic mass is 16.6. The summed E-state index contributed by atoms with van der Waals surface area (Å²) in [6, 6.07) is 3.61. The molecule has 0 aliphatic rings. The summed E-state index contributed by atoms with van der Waals surface area (Å²) in [5.41, 5.74) is -0.771. The van der Waals surface area contributed by atoms with Crippen molar-refractivity contribution in [1.29, 1.82) is 0 Å². The number of aliphatic carboxylic acids is 1. The van der Waals surface area contributed by atoms with Gasteiger partial charge in [0, 0.05) is 0 Å². The van der Waals surface area contributed by atoms with Crippen LogP contribution in [0.5, 0.6) is 11.5 Å². The number of ether oxygens (including phenoxy) is 3.